The van der Waals surface area contributed by atoms with Crippen molar-refractivity contribution in [2.24, 2.45) is 0 Å². The van der Waals surface area contributed by atoms with Gasteiger partial charge in [-0.05, 0) is 24.9 Å². The first kappa shape index (κ1) is 14.8. The zero-order valence-electron chi connectivity index (χ0n) is 9.70. The molecule has 0 aliphatic rings. The Labute approximate surface area is 96.6 Å². The molecule has 3 nitrogen and oxygen atoms in total. The third kappa shape index (κ3) is 8.75. The number of hydrogen-bond acceptors (Lipinski definition) is 4. The average Bonchev–Trinajstić information content (AvgIpc) is 2.25. The van der Waals surface area contributed by atoms with Crippen molar-refractivity contribution in [1.82, 2.24) is 0 Å². The van der Waals surface area contributed by atoms with E-state index in [-0.39, 0.29) is 0 Å². The van der Waals surface area contributed by atoms with Gasteiger partial charge in [0.05, 0.1) is 6.61 Å². The molecule has 1 unspecified atom stereocenters. The van der Waals surface area contributed by atoms with Crippen LogP contribution in [0.15, 0.2) is 0 Å². The molecule has 0 saturated carbocycles. The van der Waals surface area contributed by atoms with Crippen LogP contribution >= 0.6 is 11.8 Å². The Morgan fingerprint density at radius 2 is 2.13 bits per heavy atom. The molecule has 15 heavy (non-hydrogen) atoms. The fourth-order valence-corrected chi connectivity index (χ4v) is 1.60. The van der Waals surface area contributed by atoms with Crippen LogP contribution in [-0.2, 0) is 9.53 Å². The molecule has 0 bridgehead atoms. The van der Waals surface area contributed by atoms with Crippen LogP contribution in [0.25, 0.3) is 0 Å². The van der Waals surface area contributed by atoms with E-state index in [1.165, 1.54) is 12.8 Å². The van der Waals surface area contributed by atoms with Gasteiger partial charge < -0.3 is 9.84 Å². The highest BCUT2D eigenvalue weighted by Crippen LogP contribution is 2.04. The molecule has 0 spiro atoms. The monoisotopic (exact) mass is 234 g/mol. The second kappa shape index (κ2) is 10.3. The van der Waals surface area contributed by atoms with Crippen molar-refractivity contribution in [1.29, 1.82) is 0 Å². The summed E-state index contributed by atoms with van der Waals surface area (Å²) in [6.07, 6.45) is 5.82. The Morgan fingerprint density at radius 1 is 1.40 bits per heavy atom. The number of hydrogen-bond donors (Lipinski definition) is 1. The van der Waals surface area contributed by atoms with Crippen molar-refractivity contribution < 1.29 is 14.6 Å². The topological polar surface area (TPSA) is 46.5 Å². The number of aliphatic hydroxyl groups excluding tert-OH is 1. The van der Waals surface area contributed by atoms with Gasteiger partial charge >= 0.3 is 5.97 Å². The van der Waals surface area contributed by atoms with E-state index >= 15 is 0 Å². The smallest absolute Gasteiger partial charge is 0.334 e. The van der Waals surface area contributed by atoms with Crippen LogP contribution in [0.5, 0.6) is 0 Å². The summed E-state index contributed by atoms with van der Waals surface area (Å²) in [6, 6.07) is 0. The summed E-state index contributed by atoms with van der Waals surface area (Å²) in [5.41, 5.74) is 0. The standard InChI is InChI=1S/C11H22O3S/c1-3-4-5-6-8-14-11(13)10(12)7-9-15-2/h10,12H,3-9H2,1-2H3. The Balaban J connectivity index is 3.38. The Bertz CT molecular complexity index is 162. The lowest BCUT2D eigenvalue weighted by atomic mass is 10.2. The molecule has 1 N–H and O–H groups in total. The van der Waals surface area contributed by atoms with Crippen molar-refractivity contribution in [3.8, 4) is 0 Å². The summed E-state index contributed by atoms with van der Waals surface area (Å²) in [7, 11) is 0. The molecular weight excluding hydrogens is 212 g/mol. The van der Waals surface area contributed by atoms with E-state index in [9.17, 15) is 9.90 Å². The van der Waals surface area contributed by atoms with Crippen molar-refractivity contribution in [2.45, 2.75) is 45.1 Å². The van der Waals surface area contributed by atoms with E-state index in [1.54, 1.807) is 11.8 Å². The lowest BCUT2D eigenvalue weighted by Gasteiger charge is -2.09. The molecule has 0 radical (unpaired) electrons. The van der Waals surface area contributed by atoms with E-state index in [0.29, 0.717) is 13.0 Å². The number of ether oxygens (including phenoxy) is 1. The predicted molar refractivity (Wildman–Crippen MR) is 64.1 cm³/mol. The molecule has 90 valence electrons. The van der Waals surface area contributed by atoms with Crippen LogP contribution < -0.4 is 0 Å². The number of esters is 1. The van der Waals surface area contributed by atoms with Crippen LogP contribution in [0.1, 0.15) is 39.0 Å². The average molecular weight is 234 g/mol. The zero-order chi connectivity index (χ0) is 11.5. The second-order valence-corrected chi connectivity index (χ2v) is 4.51. The molecular formula is C11H22O3S. The first-order valence-corrected chi connectivity index (χ1v) is 6.95. The quantitative estimate of drug-likeness (QED) is 0.491. The molecule has 0 aromatic carbocycles. The maximum Gasteiger partial charge on any atom is 0.334 e. The van der Waals surface area contributed by atoms with Gasteiger partial charge in [0.2, 0.25) is 0 Å². The minimum atomic E-state index is -0.941. The van der Waals surface area contributed by atoms with Crippen LogP contribution in [0, 0.1) is 0 Å². The van der Waals surface area contributed by atoms with Gasteiger partial charge in [0.25, 0.3) is 0 Å². The largest absolute Gasteiger partial charge is 0.464 e. The van der Waals surface area contributed by atoms with E-state index in [4.69, 9.17) is 4.74 Å². The summed E-state index contributed by atoms with van der Waals surface area (Å²) in [5, 5.41) is 9.36. The van der Waals surface area contributed by atoms with Gasteiger partial charge in [-0.1, -0.05) is 26.2 Å². The molecule has 0 aromatic rings. The molecule has 0 aromatic heterocycles. The van der Waals surface area contributed by atoms with Gasteiger partial charge in [-0.3, -0.25) is 0 Å². The minimum absolute atomic E-state index is 0.440. The maximum atomic E-state index is 11.2. The summed E-state index contributed by atoms with van der Waals surface area (Å²) in [5.74, 6) is 0.312. The van der Waals surface area contributed by atoms with E-state index in [0.717, 1.165) is 18.6 Å². The fraction of sp³-hybridized carbons (Fsp3) is 0.909. The van der Waals surface area contributed by atoms with Crippen molar-refractivity contribution >= 4 is 17.7 Å². The lowest BCUT2D eigenvalue weighted by molar-refractivity contribution is -0.153. The molecule has 0 amide bonds. The van der Waals surface area contributed by atoms with Crippen LogP contribution in [0.3, 0.4) is 0 Å². The molecule has 0 saturated heterocycles. The second-order valence-electron chi connectivity index (χ2n) is 3.53. The van der Waals surface area contributed by atoms with E-state index in [2.05, 4.69) is 6.92 Å². The minimum Gasteiger partial charge on any atom is -0.464 e. The van der Waals surface area contributed by atoms with Crippen LogP contribution in [0.4, 0.5) is 0 Å². The Kier molecular flexibility index (Phi) is 10.2. The summed E-state index contributed by atoms with van der Waals surface area (Å²) in [6.45, 7) is 2.58. The number of unbranched alkanes of at least 4 members (excludes halogenated alkanes) is 3. The van der Waals surface area contributed by atoms with Gasteiger partial charge in [0.1, 0.15) is 0 Å². The number of carbonyl (C=O) groups excluding carboxylic acids is 1. The van der Waals surface area contributed by atoms with Crippen molar-refractivity contribution in [3.63, 3.8) is 0 Å². The zero-order valence-corrected chi connectivity index (χ0v) is 10.5. The summed E-state index contributed by atoms with van der Waals surface area (Å²) < 4.78 is 4.95. The molecule has 1 atom stereocenters. The number of aliphatic hydroxyl groups is 1. The highest BCUT2D eigenvalue weighted by Gasteiger charge is 2.15. The van der Waals surface area contributed by atoms with Crippen molar-refractivity contribution in [3.05, 3.63) is 0 Å². The van der Waals surface area contributed by atoms with E-state index < -0.39 is 12.1 Å². The molecule has 0 heterocycles. The number of carbonyl (C=O) groups is 1. The molecule has 4 heteroatoms. The fourth-order valence-electron chi connectivity index (χ4n) is 1.15. The SMILES string of the molecule is CCCCCCOC(=O)C(O)CCSC. The Morgan fingerprint density at radius 3 is 2.73 bits per heavy atom. The normalized spacial score (nSPS) is 12.5. The third-order valence-corrected chi connectivity index (χ3v) is 2.75. The highest BCUT2D eigenvalue weighted by atomic mass is 32.2. The molecule has 0 aliphatic heterocycles. The Hall–Kier alpha value is -0.220. The predicted octanol–water partition coefficient (Wildman–Crippen LogP) is 2.22. The third-order valence-electron chi connectivity index (χ3n) is 2.11. The first-order chi connectivity index (χ1) is 7.22. The highest BCUT2D eigenvalue weighted by molar-refractivity contribution is 7.98. The van der Waals surface area contributed by atoms with Crippen LogP contribution in [-0.4, -0.2) is 35.8 Å². The van der Waals surface area contributed by atoms with Gasteiger partial charge in [-0.2, -0.15) is 11.8 Å². The van der Waals surface area contributed by atoms with Gasteiger partial charge in [0.15, 0.2) is 6.10 Å². The lowest BCUT2D eigenvalue weighted by Crippen LogP contribution is -2.24. The molecule has 0 fully saturated rings. The van der Waals surface area contributed by atoms with Crippen LogP contribution in [0.2, 0.25) is 0 Å². The summed E-state index contributed by atoms with van der Waals surface area (Å²) in [4.78, 5) is 11.2. The first-order valence-electron chi connectivity index (χ1n) is 5.56. The van der Waals surface area contributed by atoms with E-state index in [1.807, 2.05) is 6.26 Å². The molecule has 0 rings (SSSR count). The molecule has 0 aliphatic carbocycles. The summed E-state index contributed by atoms with van der Waals surface area (Å²) >= 11 is 1.61. The number of thioether (sulfide) groups is 1. The van der Waals surface area contributed by atoms with Gasteiger partial charge in [0, 0.05) is 0 Å². The van der Waals surface area contributed by atoms with Gasteiger partial charge in [-0.25, -0.2) is 4.79 Å². The maximum absolute atomic E-state index is 11.2. The van der Waals surface area contributed by atoms with Gasteiger partial charge in [-0.15, -0.1) is 0 Å². The number of rotatable bonds is 9. The van der Waals surface area contributed by atoms with Crippen molar-refractivity contribution in [2.75, 3.05) is 18.6 Å².